The molecule has 17 heavy (non-hydrogen) atoms. The van der Waals surface area contributed by atoms with Crippen molar-refractivity contribution in [2.75, 3.05) is 18.2 Å². The first-order chi connectivity index (χ1) is 8.12. The molecule has 0 heterocycles. The number of hydrogen-bond acceptors (Lipinski definition) is 3. The Bertz CT molecular complexity index is 387. The smallest absolute Gasteiger partial charge is 0.227 e. The molecular formula is C13H20N2O2. The summed E-state index contributed by atoms with van der Waals surface area (Å²) >= 11 is 0. The second-order valence-electron chi connectivity index (χ2n) is 3.96. The summed E-state index contributed by atoms with van der Waals surface area (Å²) in [5, 5.41) is 2.87. The molecule has 0 radical (unpaired) electrons. The molecule has 1 aromatic rings. The highest BCUT2D eigenvalue weighted by atomic mass is 16.5. The third-order valence-electron chi connectivity index (χ3n) is 2.86. The third-order valence-corrected chi connectivity index (χ3v) is 2.86. The van der Waals surface area contributed by atoms with Gasteiger partial charge in [-0.3, -0.25) is 4.79 Å². The molecule has 0 saturated heterocycles. The Kier molecular flexibility index (Phi) is 4.82. The van der Waals surface area contributed by atoms with Crippen molar-refractivity contribution in [2.45, 2.75) is 26.7 Å². The zero-order chi connectivity index (χ0) is 12.8. The fraction of sp³-hybridized carbons (Fsp3) is 0.462. The maximum Gasteiger partial charge on any atom is 0.227 e. The lowest BCUT2D eigenvalue weighted by atomic mass is 10.0. The average molecular weight is 236 g/mol. The minimum absolute atomic E-state index is 0.0434. The van der Waals surface area contributed by atoms with Crippen LogP contribution in [0.5, 0.6) is 5.75 Å². The summed E-state index contributed by atoms with van der Waals surface area (Å²) in [5.41, 5.74) is 6.98. The van der Waals surface area contributed by atoms with Crippen molar-refractivity contribution in [1.29, 1.82) is 0 Å². The molecule has 0 bridgehead atoms. The van der Waals surface area contributed by atoms with Crippen molar-refractivity contribution in [1.82, 2.24) is 0 Å². The van der Waals surface area contributed by atoms with E-state index in [1.54, 1.807) is 25.3 Å². The number of carbonyl (C=O) groups excluding carboxylic acids is 1. The molecule has 1 amide bonds. The third kappa shape index (κ3) is 3.37. The van der Waals surface area contributed by atoms with Crippen molar-refractivity contribution in [3.8, 4) is 5.75 Å². The molecule has 0 fully saturated rings. The van der Waals surface area contributed by atoms with Gasteiger partial charge in [-0.15, -0.1) is 0 Å². The largest absolute Gasteiger partial charge is 0.495 e. The predicted molar refractivity (Wildman–Crippen MR) is 70.1 cm³/mol. The minimum Gasteiger partial charge on any atom is -0.495 e. The van der Waals surface area contributed by atoms with Gasteiger partial charge in [0, 0.05) is 17.7 Å². The van der Waals surface area contributed by atoms with Crippen LogP contribution in [-0.4, -0.2) is 13.0 Å². The summed E-state index contributed by atoms with van der Waals surface area (Å²) in [7, 11) is 1.55. The molecule has 1 aromatic carbocycles. The van der Waals surface area contributed by atoms with Crippen LogP contribution in [0.3, 0.4) is 0 Å². The van der Waals surface area contributed by atoms with Crippen molar-refractivity contribution < 1.29 is 9.53 Å². The van der Waals surface area contributed by atoms with Crippen LogP contribution >= 0.6 is 0 Å². The second kappa shape index (κ2) is 6.13. The molecule has 0 aliphatic carbocycles. The summed E-state index contributed by atoms with van der Waals surface area (Å²) in [5.74, 6) is 0.674. The number of hydrogen-bond donors (Lipinski definition) is 2. The van der Waals surface area contributed by atoms with Gasteiger partial charge in [-0.05, 0) is 25.0 Å². The van der Waals surface area contributed by atoms with Crippen molar-refractivity contribution in [3.63, 3.8) is 0 Å². The Labute approximate surface area is 102 Å². The van der Waals surface area contributed by atoms with Crippen LogP contribution in [-0.2, 0) is 4.79 Å². The molecule has 3 N–H and O–H groups in total. The van der Waals surface area contributed by atoms with Gasteiger partial charge in [0.25, 0.3) is 0 Å². The highest BCUT2D eigenvalue weighted by Crippen LogP contribution is 2.25. The van der Waals surface area contributed by atoms with Gasteiger partial charge < -0.3 is 15.8 Å². The van der Waals surface area contributed by atoms with Gasteiger partial charge in [0.1, 0.15) is 5.75 Å². The fourth-order valence-corrected chi connectivity index (χ4v) is 1.69. The molecule has 0 atom stereocenters. The quantitative estimate of drug-likeness (QED) is 0.772. The molecular weight excluding hydrogens is 216 g/mol. The Morgan fingerprint density at radius 2 is 2.06 bits per heavy atom. The number of methoxy groups -OCH3 is 1. The standard InChI is InChI=1S/C13H20N2O2/c1-4-9(5-2)13(16)15-10-6-7-11(14)12(8-10)17-3/h6-9H,4-5,14H2,1-3H3,(H,15,16). The lowest BCUT2D eigenvalue weighted by Crippen LogP contribution is -2.21. The summed E-state index contributed by atoms with van der Waals surface area (Å²) in [6.07, 6.45) is 1.68. The van der Waals surface area contributed by atoms with Crippen LogP contribution in [0.2, 0.25) is 0 Å². The van der Waals surface area contributed by atoms with E-state index in [1.165, 1.54) is 0 Å². The summed E-state index contributed by atoms with van der Waals surface area (Å²) in [4.78, 5) is 11.9. The van der Waals surface area contributed by atoms with Crippen LogP contribution in [0.4, 0.5) is 11.4 Å². The number of ether oxygens (including phenoxy) is 1. The Hall–Kier alpha value is -1.71. The summed E-state index contributed by atoms with van der Waals surface area (Å²) < 4.78 is 5.10. The van der Waals surface area contributed by atoms with Crippen molar-refractivity contribution in [2.24, 2.45) is 5.92 Å². The molecule has 4 nitrogen and oxygen atoms in total. The topological polar surface area (TPSA) is 64.4 Å². The van der Waals surface area contributed by atoms with E-state index >= 15 is 0 Å². The number of nitrogens with two attached hydrogens (primary N) is 1. The van der Waals surface area contributed by atoms with Gasteiger partial charge in [0.15, 0.2) is 0 Å². The molecule has 0 unspecified atom stereocenters. The molecule has 0 saturated carbocycles. The van der Waals surface area contributed by atoms with Crippen LogP contribution in [0.1, 0.15) is 26.7 Å². The van der Waals surface area contributed by atoms with E-state index in [0.29, 0.717) is 17.1 Å². The van der Waals surface area contributed by atoms with Crippen LogP contribution < -0.4 is 15.8 Å². The number of nitrogen functional groups attached to an aromatic ring is 1. The Morgan fingerprint density at radius 1 is 1.41 bits per heavy atom. The molecule has 0 aromatic heterocycles. The van der Waals surface area contributed by atoms with Gasteiger partial charge in [-0.2, -0.15) is 0 Å². The number of benzene rings is 1. The van der Waals surface area contributed by atoms with E-state index < -0.39 is 0 Å². The highest BCUT2D eigenvalue weighted by molar-refractivity contribution is 5.93. The monoisotopic (exact) mass is 236 g/mol. The maximum atomic E-state index is 11.9. The van der Waals surface area contributed by atoms with E-state index in [2.05, 4.69) is 5.32 Å². The van der Waals surface area contributed by atoms with Gasteiger partial charge >= 0.3 is 0 Å². The lowest BCUT2D eigenvalue weighted by Gasteiger charge is -2.13. The number of nitrogens with one attached hydrogen (secondary N) is 1. The molecule has 4 heteroatoms. The number of amides is 1. The normalized spacial score (nSPS) is 10.4. The molecule has 0 aliphatic rings. The van der Waals surface area contributed by atoms with Crippen LogP contribution in [0.15, 0.2) is 18.2 Å². The molecule has 0 spiro atoms. The number of carbonyl (C=O) groups is 1. The van der Waals surface area contributed by atoms with Crippen LogP contribution in [0, 0.1) is 5.92 Å². The van der Waals surface area contributed by atoms with E-state index in [9.17, 15) is 4.79 Å². The lowest BCUT2D eigenvalue weighted by molar-refractivity contribution is -0.120. The van der Waals surface area contributed by atoms with Gasteiger partial charge in [-0.1, -0.05) is 13.8 Å². The molecule has 0 aliphatic heterocycles. The van der Waals surface area contributed by atoms with Crippen LogP contribution in [0.25, 0.3) is 0 Å². The number of anilines is 2. The zero-order valence-corrected chi connectivity index (χ0v) is 10.6. The minimum atomic E-state index is 0.0434. The van der Waals surface area contributed by atoms with Gasteiger partial charge in [0.05, 0.1) is 12.8 Å². The molecule has 94 valence electrons. The van der Waals surface area contributed by atoms with E-state index in [-0.39, 0.29) is 11.8 Å². The summed E-state index contributed by atoms with van der Waals surface area (Å²) in [6, 6.07) is 5.23. The van der Waals surface area contributed by atoms with E-state index in [4.69, 9.17) is 10.5 Å². The average Bonchev–Trinajstić information content (AvgIpc) is 2.33. The van der Waals surface area contributed by atoms with Crippen molar-refractivity contribution in [3.05, 3.63) is 18.2 Å². The fourth-order valence-electron chi connectivity index (χ4n) is 1.69. The SMILES string of the molecule is CCC(CC)C(=O)Nc1ccc(N)c(OC)c1. The first-order valence-electron chi connectivity index (χ1n) is 5.86. The summed E-state index contributed by atoms with van der Waals surface area (Å²) in [6.45, 7) is 4.02. The first kappa shape index (κ1) is 13.4. The van der Waals surface area contributed by atoms with Gasteiger partial charge in [0.2, 0.25) is 5.91 Å². The number of rotatable bonds is 5. The zero-order valence-electron chi connectivity index (χ0n) is 10.6. The van der Waals surface area contributed by atoms with Crippen molar-refractivity contribution >= 4 is 17.3 Å². The Balaban J connectivity index is 2.78. The van der Waals surface area contributed by atoms with E-state index in [0.717, 1.165) is 12.8 Å². The van der Waals surface area contributed by atoms with E-state index in [1.807, 2.05) is 13.8 Å². The van der Waals surface area contributed by atoms with Gasteiger partial charge in [-0.25, -0.2) is 0 Å². The Morgan fingerprint density at radius 3 is 2.59 bits per heavy atom. The molecule has 1 rings (SSSR count). The maximum absolute atomic E-state index is 11.9. The highest BCUT2D eigenvalue weighted by Gasteiger charge is 2.14. The first-order valence-corrected chi connectivity index (χ1v) is 5.86. The second-order valence-corrected chi connectivity index (χ2v) is 3.96. The predicted octanol–water partition coefficient (Wildman–Crippen LogP) is 2.65.